The van der Waals surface area contributed by atoms with Gasteiger partial charge in [-0.2, -0.15) is 0 Å². The van der Waals surface area contributed by atoms with Crippen LogP contribution in [0.4, 0.5) is 5.69 Å². The summed E-state index contributed by atoms with van der Waals surface area (Å²) in [5.74, 6) is -2.53. The molecule has 4 rings (SSSR count). The first-order valence-corrected chi connectivity index (χ1v) is 7.30. The SMILES string of the molecule is O=C([O-])c1ccccc1N1C(=O)c2cccc3cccc(c23)C1=O. The van der Waals surface area contributed by atoms with Crippen LogP contribution in [0, 0.1) is 0 Å². The van der Waals surface area contributed by atoms with E-state index in [9.17, 15) is 19.5 Å². The van der Waals surface area contributed by atoms with Gasteiger partial charge in [0.1, 0.15) is 0 Å². The molecule has 1 aliphatic heterocycles. The lowest BCUT2D eigenvalue weighted by atomic mass is 9.93. The number of benzene rings is 3. The van der Waals surface area contributed by atoms with Crippen LogP contribution >= 0.6 is 0 Å². The number of hydrogen-bond donors (Lipinski definition) is 0. The summed E-state index contributed by atoms with van der Waals surface area (Å²) in [5, 5.41) is 12.7. The fourth-order valence-electron chi connectivity index (χ4n) is 3.09. The lowest BCUT2D eigenvalue weighted by Gasteiger charge is -2.28. The third-order valence-corrected chi connectivity index (χ3v) is 4.14. The summed E-state index contributed by atoms with van der Waals surface area (Å²) < 4.78 is 0. The van der Waals surface area contributed by atoms with Crippen LogP contribution in [0.15, 0.2) is 60.7 Å². The van der Waals surface area contributed by atoms with E-state index in [-0.39, 0.29) is 11.3 Å². The predicted molar refractivity (Wildman–Crippen MR) is 85.9 cm³/mol. The maximum atomic E-state index is 12.9. The van der Waals surface area contributed by atoms with Crippen molar-refractivity contribution in [3.63, 3.8) is 0 Å². The van der Waals surface area contributed by atoms with Crippen molar-refractivity contribution in [1.82, 2.24) is 0 Å². The van der Waals surface area contributed by atoms with E-state index in [2.05, 4.69) is 0 Å². The van der Waals surface area contributed by atoms with Crippen LogP contribution in [0.1, 0.15) is 31.1 Å². The number of nitrogens with zero attached hydrogens (tertiary/aromatic N) is 1. The van der Waals surface area contributed by atoms with E-state index < -0.39 is 17.8 Å². The highest BCUT2D eigenvalue weighted by atomic mass is 16.4. The topological polar surface area (TPSA) is 77.5 Å². The Hall–Kier alpha value is -3.47. The second kappa shape index (κ2) is 5.03. The van der Waals surface area contributed by atoms with Gasteiger partial charge in [-0.1, -0.05) is 42.5 Å². The van der Waals surface area contributed by atoms with Crippen LogP contribution in [-0.2, 0) is 0 Å². The van der Waals surface area contributed by atoms with Crippen molar-refractivity contribution < 1.29 is 19.5 Å². The Morgan fingerprint density at radius 3 is 1.96 bits per heavy atom. The van der Waals surface area contributed by atoms with Crippen LogP contribution in [-0.4, -0.2) is 17.8 Å². The van der Waals surface area contributed by atoms with Gasteiger partial charge in [-0.15, -0.1) is 0 Å². The molecular formula is C19H10NO4-. The highest BCUT2D eigenvalue weighted by Gasteiger charge is 2.34. The zero-order chi connectivity index (χ0) is 16.8. The third kappa shape index (κ3) is 1.85. The van der Waals surface area contributed by atoms with Crippen molar-refractivity contribution in [2.24, 2.45) is 0 Å². The largest absolute Gasteiger partial charge is 0.545 e. The number of aromatic carboxylic acids is 1. The second-order valence-corrected chi connectivity index (χ2v) is 5.46. The fraction of sp³-hybridized carbons (Fsp3) is 0. The van der Waals surface area contributed by atoms with Gasteiger partial charge in [-0.05, 0) is 23.6 Å². The average molecular weight is 316 g/mol. The Morgan fingerprint density at radius 2 is 1.38 bits per heavy atom. The monoisotopic (exact) mass is 316 g/mol. The Balaban J connectivity index is 2.00. The molecule has 1 aliphatic rings. The van der Waals surface area contributed by atoms with Gasteiger partial charge in [0.25, 0.3) is 11.8 Å². The number of carboxylic acids is 1. The van der Waals surface area contributed by atoms with E-state index in [1.165, 1.54) is 18.2 Å². The Bertz CT molecular complexity index is 988. The van der Waals surface area contributed by atoms with Crippen molar-refractivity contribution in [2.45, 2.75) is 0 Å². The molecule has 3 aromatic carbocycles. The summed E-state index contributed by atoms with van der Waals surface area (Å²) in [4.78, 5) is 38.0. The number of carbonyl (C=O) groups is 3. The van der Waals surface area contributed by atoms with Crippen molar-refractivity contribution in [2.75, 3.05) is 4.90 Å². The van der Waals surface area contributed by atoms with Gasteiger partial charge >= 0.3 is 0 Å². The van der Waals surface area contributed by atoms with E-state index in [4.69, 9.17) is 0 Å². The Morgan fingerprint density at radius 1 is 0.792 bits per heavy atom. The number of anilines is 1. The molecule has 0 fully saturated rings. The maximum Gasteiger partial charge on any atom is 0.266 e. The minimum Gasteiger partial charge on any atom is -0.545 e. The minimum atomic E-state index is -1.44. The number of amides is 2. The van der Waals surface area contributed by atoms with Crippen molar-refractivity contribution in [3.8, 4) is 0 Å². The first kappa shape index (κ1) is 14.1. The molecule has 0 saturated heterocycles. The van der Waals surface area contributed by atoms with Crippen LogP contribution in [0.2, 0.25) is 0 Å². The molecule has 0 bridgehead atoms. The van der Waals surface area contributed by atoms with Crippen LogP contribution < -0.4 is 10.0 Å². The normalized spacial score (nSPS) is 13.4. The Kier molecular flexibility index (Phi) is 2.96. The number of carbonyl (C=O) groups excluding carboxylic acids is 3. The third-order valence-electron chi connectivity index (χ3n) is 4.14. The number of hydrogen-bond acceptors (Lipinski definition) is 4. The highest BCUT2D eigenvalue weighted by Crippen LogP contribution is 2.33. The van der Waals surface area contributed by atoms with Crippen LogP contribution in [0.3, 0.4) is 0 Å². The van der Waals surface area contributed by atoms with E-state index in [0.717, 1.165) is 10.3 Å². The Labute approximate surface area is 136 Å². The molecule has 0 aromatic heterocycles. The highest BCUT2D eigenvalue weighted by molar-refractivity contribution is 6.36. The van der Waals surface area contributed by atoms with E-state index >= 15 is 0 Å². The summed E-state index contributed by atoms with van der Waals surface area (Å²) >= 11 is 0. The maximum absolute atomic E-state index is 12.9. The molecule has 2 amide bonds. The molecule has 116 valence electrons. The molecule has 1 heterocycles. The summed E-state index contributed by atoms with van der Waals surface area (Å²) in [6.45, 7) is 0. The minimum absolute atomic E-state index is 0.0130. The van der Waals surface area contributed by atoms with Gasteiger partial charge in [0.15, 0.2) is 0 Å². The van der Waals surface area contributed by atoms with Gasteiger partial charge in [-0.3, -0.25) is 9.59 Å². The van der Waals surface area contributed by atoms with E-state index in [1.807, 2.05) is 12.1 Å². The fourth-order valence-corrected chi connectivity index (χ4v) is 3.09. The molecule has 3 aromatic rings. The first-order valence-electron chi connectivity index (χ1n) is 7.30. The zero-order valence-corrected chi connectivity index (χ0v) is 12.4. The molecule has 0 N–H and O–H groups in total. The second-order valence-electron chi connectivity index (χ2n) is 5.46. The molecule has 0 unspecified atom stereocenters. The van der Waals surface area contributed by atoms with Crippen LogP contribution in [0.5, 0.6) is 0 Å². The van der Waals surface area contributed by atoms with Gasteiger partial charge in [0, 0.05) is 22.1 Å². The predicted octanol–water partition coefficient (Wildman–Crippen LogP) is 2.00. The lowest BCUT2D eigenvalue weighted by Crippen LogP contribution is -2.42. The molecule has 0 atom stereocenters. The number of imide groups is 1. The van der Waals surface area contributed by atoms with Gasteiger partial charge < -0.3 is 9.90 Å². The smallest absolute Gasteiger partial charge is 0.266 e. The lowest BCUT2D eigenvalue weighted by molar-refractivity contribution is -0.254. The zero-order valence-electron chi connectivity index (χ0n) is 12.4. The van der Waals surface area contributed by atoms with Crippen molar-refractivity contribution in [1.29, 1.82) is 0 Å². The first-order chi connectivity index (χ1) is 11.6. The van der Waals surface area contributed by atoms with Gasteiger partial charge in [0.2, 0.25) is 0 Å². The summed E-state index contributed by atoms with van der Waals surface area (Å²) in [6.07, 6.45) is 0. The summed E-state index contributed by atoms with van der Waals surface area (Å²) in [6, 6.07) is 16.2. The number of para-hydroxylation sites is 1. The average Bonchev–Trinajstić information content (AvgIpc) is 2.60. The quantitative estimate of drug-likeness (QED) is 0.678. The standard InChI is InChI=1S/C19H11NO4/c21-17-13-8-3-5-11-6-4-9-14(16(11)13)18(22)20(17)15-10-2-1-7-12(15)19(23)24/h1-10H,(H,23,24)/p-1. The van der Waals surface area contributed by atoms with E-state index in [1.54, 1.807) is 30.3 Å². The molecule has 0 saturated carbocycles. The molecule has 5 heteroatoms. The summed E-state index contributed by atoms with van der Waals surface area (Å²) in [7, 11) is 0. The molecule has 5 nitrogen and oxygen atoms in total. The van der Waals surface area contributed by atoms with Crippen molar-refractivity contribution >= 4 is 34.2 Å². The van der Waals surface area contributed by atoms with Crippen LogP contribution in [0.25, 0.3) is 10.8 Å². The molecule has 0 spiro atoms. The molecule has 0 aliphatic carbocycles. The number of rotatable bonds is 2. The van der Waals surface area contributed by atoms with Gasteiger partial charge in [0.05, 0.1) is 11.7 Å². The number of carboxylic acid groups (broad SMARTS) is 1. The van der Waals surface area contributed by atoms with Crippen molar-refractivity contribution in [3.05, 3.63) is 77.4 Å². The summed E-state index contributed by atoms with van der Waals surface area (Å²) in [5.41, 5.74) is 0.552. The molecule has 0 radical (unpaired) electrons. The molecule has 24 heavy (non-hydrogen) atoms. The van der Waals surface area contributed by atoms with E-state index in [0.29, 0.717) is 16.5 Å². The molecular weight excluding hydrogens is 306 g/mol. The van der Waals surface area contributed by atoms with Gasteiger partial charge in [-0.25, -0.2) is 4.90 Å².